The number of halogens is 1. The summed E-state index contributed by atoms with van der Waals surface area (Å²) in [6.07, 6.45) is 1.23. The van der Waals surface area contributed by atoms with Gasteiger partial charge in [0, 0.05) is 26.4 Å². The Balaban J connectivity index is 0.00000441. The smallest absolute Gasteiger partial charge is 0.193 e. The van der Waals surface area contributed by atoms with Gasteiger partial charge < -0.3 is 10.2 Å². The highest BCUT2D eigenvalue weighted by Gasteiger charge is 2.07. The van der Waals surface area contributed by atoms with Crippen LogP contribution in [0.25, 0.3) is 0 Å². The number of rotatable bonds is 6. The minimum atomic E-state index is -2.98. The largest absolute Gasteiger partial charge is 0.357 e. The van der Waals surface area contributed by atoms with Crippen LogP contribution in [0.5, 0.6) is 0 Å². The summed E-state index contributed by atoms with van der Waals surface area (Å²) in [7, 11) is -1.03. The summed E-state index contributed by atoms with van der Waals surface area (Å²) in [4.78, 5) is 6.36. The molecule has 7 heteroatoms. The summed E-state index contributed by atoms with van der Waals surface area (Å²) in [6.45, 7) is 5.80. The molecule has 0 aliphatic rings. The number of benzene rings is 1. The molecule has 0 saturated heterocycles. The van der Waals surface area contributed by atoms with Crippen LogP contribution >= 0.6 is 24.0 Å². The van der Waals surface area contributed by atoms with E-state index in [9.17, 15) is 8.42 Å². The maximum atomic E-state index is 11.2. The molecule has 0 aliphatic heterocycles. The number of nitrogens with one attached hydrogen (secondary N) is 1. The summed E-state index contributed by atoms with van der Waals surface area (Å²) in [6, 6.07) is 8.34. The van der Waals surface area contributed by atoms with Crippen molar-refractivity contribution < 1.29 is 8.42 Å². The predicted octanol–water partition coefficient (Wildman–Crippen LogP) is 2.05. The number of sulfone groups is 1. The first-order valence-corrected chi connectivity index (χ1v) is 9.10. The van der Waals surface area contributed by atoms with E-state index < -0.39 is 9.84 Å². The fraction of sp³-hybridized carbons (Fsp3) is 0.533. The Kier molecular flexibility index (Phi) is 9.66. The molecule has 1 aromatic carbocycles. The molecular formula is C15H26IN3O2S. The second kappa shape index (κ2) is 10.0. The van der Waals surface area contributed by atoms with E-state index in [1.807, 2.05) is 18.9 Å². The van der Waals surface area contributed by atoms with Crippen LogP contribution in [0.15, 0.2) is 29.3 Å². The summed E-state index contributed by atoms with van der Waals surface area (Å²) in [5.74, 6) is 0.794. The van der Waals surface area contributed by atoms with Gasteiger partial charge in [-0.3, -0.25) is 4.99 Å². The Morgan fingerprint density at radius 1 is 1.27 bits per heavy atom. The van der Waals surface area contributed by atoms with E-state index in [0.717, 1.165) is 19.0 Å². The SMILES string of the molecule is CCNC(=NCCS(C)(=O)=O)N(C)Cc1ccc(C)cc1.I. The Hall–Kier alpha value is -0.830. The second-order valence-electron chi connectivity index (χ2n) is 5.21. The Labute approximate surface area is 151 Å². The average Bonchev–Trinajstić information content (AvgIpc) is 2.39. The number of hydrogen-bond acceptors (Lipinski definition) is 3. The molecule has 0 radical (unpaired) electrons. The summed E-state index contributed by atoms with van der Waals surface area (Å²) >= 11 is 0. The van der Waals surface area contributed by atoms with E-state index in [-0.39, 0.29) is 36.3 Å². The van der Waals surface area contributed by atoms with E-state index in [1.165, 1.54) is 17.4 Å². The molecule has 0 bridgehead atoms. The quantitative estimate of drug-likeness (QED) is 0.419. The molecule has 0 aliphatic carbocycles. The van der Waals surface area contributed by atoms with Crippen molar-refractivity contribution in [3.8, 4) is 0 Å². The number of nitrogens with zero attached hydrogens (tertiary/aromatic N) is 2. The highest BCUT2D eigenvalue weighted by molar-refractivity contribution is 14.0. The summed E-state index contributed by atoms with van der Waals surface area (Å²) in [5.41, 5.74) is 2.42. The summed E-state index contributed by atoms with van der Waals surface area (Å²) < 4.78 is 22.3. The van der Waals surface area contributed by atoms with E-state index in [4.69, 9.17) is 0 Å². The predicted molar refractivity (Wildman–Crippen MR) is 104 cm³/mol. The molecule has 0 spiro atoms. The van der Waals surface area contributed by atoms with Crippen molar-refractivity contribution in [2.24, 2.45) is 4.99 Å². The molecule has 1 aromatic rings. The third kappa shape index (κ3) is 8.57. The van der Waals surface area contributed by atoms with Crippen LogP contribution in [0.2, 0.25) is 0 Å². The van der Waals surface area contributed by atoms with Crippen molar-refractivity contribution in [2.75, 3.05) is 32.1 Å². The minimum Gasteiger partial charge on any atom is -0.357 e. The molecule has 0 unspecified atom stereocenters. The molecule has 22 heavy (non-hydrogen) atoms. The molecule has 0 saturated carbocycles. The van der Waals surface area contributed by atoms with Gasteiger partial charge in [-0.1, -0.05) is 29.8 Å². The maximum Gasteiger partial charge on any atom is 0.193 e. The standard InChI is InChI=1S/C15H25N3O2S.HI/c1-5-16-15(17-10-11-21(4,19)20)18(3)12-14-8-6-13(2)7-9-14;/h6-9H,5,10-12H2,1-4H3,(H,16,17);1H. The first kappa shape index (κ1) is 21.2. The van der Waals surface area contributed by atoms with Gasteiger partial charge in [0.25, 0.3) is 0 Å². The van der Waals surface area contributed by atoms with Crippen molar-refractivity contribution >= 4 is 39.8 Å². The van der Waals surface area contributed by atoms with Gasteiger partial charge in [-0.05, 0) is 19.4 Å². The third-order valence-corrected chi connectivity index (χ3v) is 3.88. The molecule has 1 N–H and O–H groups in total. The molecule has 0 aromatic heterocycles. The van der Waals surface area contributed by atoms with Crippen LogP contribution in [0.4, 0.5) is 0 Å². The van der Waals surface area contributed by atoms with Gasteiger partial charge in [0.05, 0.1) is 12.3 Å². The first-order valence-electron chi connectivity index (χ1n) is 7.04. The zero-order chi connectivity index (χ0) is 15.9. The maximum absolute atomic E-state index is 11.2. The van der Waals surface area contributed by atoms with Gasteiger partial charge in [-0.25, -0.2) is 8.42 Å². The average molecular weight is 439 g/mol. The molecule has 1 rings (SSSR count). The number of hydrogen-bond donors (Lipinski definition) is 1. The number of guanidine groups is 1. The molecule has 126 valence electrons. The Morgan fingerprint density at radius 2 is 1.86 bits per heavy atom. The Morgan fingerprint density at radius 3 is 2.36 bits per heavy atom. The van der Waals surface area contributed by atoms with Crippen molar-refractivity contribution in [3.05, 3.63) is 35.4 Å². The van der Waals surface area contributed by atoms with Crippen LogP contribution in [-0.4, -0.2) is 51.4 Å². The van der Waals surface area contributed by atoms with Crippen LogP contribution in [0.1, 0.15) is 18.1 Å². The lowest BCUT2D eigenvalue weighted by Crippen LogP contribution is -2.38. The fourth-order valence-electron chi connectivity index (χ4n) is 1.83. The molecular weight excluding hydrogens is 413 g/mol. The van der Waals surface area contributed by atoms with Crippen molar-refractivity contribution in [1.29, 1.82) is 0 Å². The Bertz CT molecular complexity index is 571. The normalized spacial score (nSPS) is 11.7. The van der Waals surface area contributed by atoms with Crippen LogP contribution in [-0.2, 0) is 16.4 Å². The van der Waals surface area contributed by atoms with Crippen LogP contribution in [0, 0.1) is 6.92 Å². The topological polar surface area (TPSA) is 61.8 Å². The lowest BCUT2D eigenvalue weighted by Gasteiger charge is -2.22. The highest BCUT2D eigenvalue weighted by atomic mass is 127. The van der Waals surface area contributed by atoms with Gasteiger partial charge in [-0.2, -0.15) is 0 Å². The third-order valence-electron chi connectivity index (χ3n) is 2.96. The second-order valence-corrected chi connectivity index (χ2v) is 7.47. The molecule has 5 nitrogen and oxygen atoms in total. The van der Waals surface area contributed by atoms with Gasteiger partial charge in [0.2, 0.25) is 0 Å². The fourth-order valence-corrected chi connectivity index (χ4v) is 2.25. The van der Waals surface area contributed by atoms with E-state index >= 15 is 0 Å². The first-order chi connectivity index (χ1) is 9.81. The van der Waals surface area contributed by atoms with Crippen molar-refractivity contribution in [2.45, 2.75) is 20.4 Å². The van der Waals surface area contributed by atoms with Crippen LogP contribution in [0.3, 0.4) is 0 Å². The number of aryl methyl sites for hydroxylation is 1. The zero-order valence-corrected chi connectivity index (χ0v) is 16.8. The zero-order valence-electron chi connectivity index (χ0n) is 13.7. The lowest BCUT2D eigenvalue weighted by atomic mass is 10.1. The molecule has 0 atom stereocenters. The monoisotopic (exact) mass is 439 g/mol. The van der Waals surface area contributed by atoms with E-state index in [0.29, 0.717) is 0 Å². The lowest BCUT2D eigenvalue weighted by molar-refractivity contribution is 0.477. The summed E-state index contributed by atoms with van der Waals surface area (Å²) in [5, 5.41) is 3.18. The van der Waals surface area contributed by atoms with Gasteiger partial charge in [-0.15, -0.1) is 24.0 Å². The highest BCUT2D eigenvalue weighted by Crippen LogP contribution is 2.06. The van der Waals surface area contributed by atoms with Crippen LogP contribution < -0.4 is 5.32 Å². The van der Waals surface area contributed by atoms with Crippen molar-refractivity contribution in [1.82, 2.24) is 10.2 Å². The molecule has 0 amide bonds. The molecule has 0 fully saturated rings. The number of aliphatic imine (C=N–C) groups is 1. The molecule has 0 heterocycles. The van der Waals surface area contributed by atoms with E-state index in [2.05, 4.69) is 41.5 Å². The van der Waals surface area contributed by atoms with Gasteiger partial charge in [0.15, 0.2) is 5.96 Å². The van der Waals surface area contributed by atoms with Crippen molar-refractivity contribution in [3.63, 3.8) is 0 Å². The minimum absolute atomic E-state index is 0. The van der Waals surface area contributed by atoms with E-state index in [1.54, 1.807) is 0 Å². The van der Waals surface area contributed by atoms with Gasteiger partial charge >= 0.3 is 0 Å². The van der Waals surface area contributed by atoms with Gasteiger partial charge in [0.1, 0.15) is 9.84 Å².